The van der Waals surface area contributed by atoms with Gasteiger partial charge in [-0.3, -0.25) is 4.79 Å². The molecule has 0 aliphatic carbocycles. The molecule has 1 N–H and O–H groups in total. The van der Waals surface area contributed by atoms with Crippen molar-refractivity contribution in [3.8, 4) is 0 Å². The van der Waals surface area contributed by atoms with Crippen molar-refractivity contribution in [3.05, 3.63) is 33.7 Å². The van der Waals surface area contributed by atoms with Crippen molar-refractivity contribution >= 4 is 5.97 Å². The lowest BCUT2D eigenvalue weighted by Crippen LogP contribution is -2.20. The largest absolute Gasteiger partial charge is 0.462 e. The summed E-state index contributed by atoms with van der Waals surface area (Å²) in [6.45, 7) is 1.56. The maximum atomic E-state index is 12.2. The van der Waals surface area contributed by atoms with Crippen LogP contribution in [0, 0.1) is 0 Å². The Morgan fingerprint density at radius 3 is 2.56 bits per heavy atom. The number of halogens is 3. The molecular weight excluding hydrogens is 227 g/mol. The van der Waals surface area contributed by atoms with E-state index in [0.29, 0.717) is 12.3 Å². The number of pyridine rings is 1. The van der Waals surface area contributed by atoms with E-state index < -0.39 is 28.8 Å². The number of carbonyl (C=O) groups is 1. The molecule has 1 rings (SSSR count). The summed E-state index contributed by atoms with van der Waals surface area (Å²) < 4.78 is 41.0. The van der Waals surface area contributed by atoms with Crippen molar-refractivity contribution < 1.29 is 22.7 Å². The quantitative estimate of drug-likeness (QED) is 0.791. The second-order valence-corrected chi connectivity index (χ2v) is 2.84. The van der Waals surface area contributed by atoms with Gasteiger partial charge in [0.25, 0.3) is 0 Å². The molecule has 0 aliphatic heterocycles. The van der Waals surface area contributed by atoms with Crippen molar-refractivity contribution in [2.75, 3.05) is 6.61 Å². The van der Waals surface area contributed by atoms with Crippen LogP contribution in [0.1, 0.15) is 23.0 Å². The Balaban J connectivity index is 3.11. The van der Waals surface area contributed by atoms with Crippen molar-refractivity contribution in [3.63, 3.8) is 0 Å². The minimum atomic E-state index is -4.65. The molecule has 0 unspecified atom stereocenters. The molecule has 1 aromatic heterocycles. The van der Waals surface area contributed by atoms with Gasteiger partial charge in [0, 0.05) is 12.3 Å². The molecule has 0 atom stereocenters. The lowest BCUT2D eigenvalue weighted by Gasteiger charge is -2.06. The first-order valence-electron chi connectivity index (χ1n) is 4.33. The van der Waals surface area contributed by atoms with Gasteiger partial charge < -0.3 is 9.72 Å². The minimum Gasteiger partial charge on any atom is -0.462 e. The van der Waals surface area contributed by atoms with Gasteiger partial charge in [0.05, 0.1) is 6.61 Å². The van der Waals surface area contributed by atoms with Crippen LogP contribution in [0.15, 0.2) is 17.1 Å². The third-order valence-electron chi connectivity index (χ3n) is 1.71. The molecule has 4 nitrogen and oxygen atoms in total. The van der Waals surface area contributed by atoms with Crippen LogP contribution in [-0.4, -0.2) is 17.6 Å². The number of esters is 1. The molecule has 0 aromatic carbocycles. The molecule has 0 saturated heterocycles. The monoisotopic (exact) mass is 235 g/mol. The molecule has 88 valence electrons. The Hall–Kier alpha value is -1.79. The number of nitrogens with one attached hydrogen (secondary N) is 1. The van der Waals surface area contributed by atoms with Gasteiger partial charge >= 0.3 is 12.1 Å². The molecule has 0 bridgehead atoms. The summed E-state index contributed by atoms with van der Waals surface area (Å²) in [5.41, 5.74) is -2.68. The van der Waals surface area contributed by atoms with Crippen LogP contribution < -0.4 is 5.43 Å². The number of rotatable bonds is 2. The highest BCUT2D eigenvalue weighted by molar-refractivity contribution is 5.88. The summed E-state index contributed by atoms with van der Waals surface area (Å²) in [6.07, 6.45) is -3.95. The van der Waals surface area contributed by atoms with Crippen LogP contribution in [0.5, 0.6) is 0 Å². The Kier molecular flexibility index (Phi) is 3.36. The van der Waals surface area contributed by atoms with Crippen LogP contribution in [-0.2, 0) is 10.9 Å². The summed E-state index contributed by atoms with van der Waals surface area (Å²) >= 11 is 0. The molecule has 16 heavy (non-hydrogen) atoms. The Morgan fingerprint density at radius 2 is 2.12 bits per heavy atom. The van der Waals surface area contributed by atoms with E-state index in [4.69, 9.17) is 0 Å². The molecule has 7 heteroatoms. The first kappa shape index (κ1) is 12.3. The zero-order chi connectivity index (χ0) is 12.3. The fraction of sp³-hybridized carbons (Fsp3) is 0.333. The lowest BCUT2D eigenvalue weighted by atomic mass is 10.2. The third kappa shape index (κ3) is 2.62. The number of hydrogen-bond donors (Lipinski definition) is 1. The first-order chi connectivity index (χ1) is 7.36. The van der Waals surface area contributed by atoms with Gasteiger partial charge in [0.15, 0.2) is 5.43 Å². The van der Waals surface area contributed by atoms with E-state index in [2.05, 4.69) is 4.74 Å². The maximum absolute atomic E-state index is 12.2. The average Bonchev–Trinajstić information content (AvgIpc) is 2.16. The van der Waals surface area contributed by atoms with Gasteiger partial charge in [0.1, 0.15) is 11.3 Å². The Bertz CT molecular complexity index is 450. The topological polar surface area (TPSA) is 59.2 Å². The molecule has 0 saturated carbocycles. The second-order valence-electron chi connectivity index (χ2n) is 2.84. The molecule has 1 heterocycles. The highest BCUT2D eigenvalue weighted by atomic mass is 19.4. The van der Waals surface area contributed by atoms with Crippen molar-refractivity contribution in [1.82, 2.24) is 4.98 Å². The zero-order valence-electron chi connectivity index (χ0n) is 8.22. The normalized spacial score (nSPS) is 11.2. The third-order valence-corrected chi connectivity index (χ3v) is 1.71. The summed E-state index contributed by atoms with van der Waals surface area (Å²) in [6, 6.07) is 0.326. The first-order valence-corrected chi connectivity index (χ1v) is 4.33. The van der Waals surface area contributed by atoms with Gasteiger partial charge in [-0.2, -0.15) is 13.2 Å². The summed E-state index contributed by atoms with van der Waals surface area (Å²) in [4.78, 5) is 24.1. The highest BCUT2D eigenvalue weighted by Crippen LogP contribution is 2.26. The van der Waals surface area contributed by atoms with E-state index in [9.17, 15) is 22.8 Å². The van der Waals surface area contributed by atoms with Crippen LogP contribution in [0.2, 0.25) is 0 Å². The number of H-pyrrole nitrogens is 1. The fourth-order valence-electron chi connectivity index (χ4n) is 1.00. The smallest absolute Gasteiger partial charge is 0.431 e. The molecule has 0 spiro atoms. The van der Waals surface area contributed by atoms with E-state index in [1.807, 2.05) is 4.98 Å². The molecule has 0 radical (unpaired) electrons. The van der Waals surface area contributed by atoms with Gasteiger partial charge in [0.2, 0.25) is 0 Å². The standard InChI is InChI=1S/C9H8F3NO3/c1-2-16-8(15)5-4-13-7(3-6(5)14)9(10,11)12/h3-4H,2H2,1H3,(H,13,14). The van der Waals surface area contributed by atoms with E-state index in [1.165, 1.54) is 6.92 Å². The average molecular weight is 235 g/mol. The summed E-state index contributed by atoms with van der Waals surface area (Å²) in [7, 11) is 0. The fourth-order valence-corrected chi connectivity index (χ4v) is 1.00. The zero-order valence-corrected chi connectivity index (χ0v) is 8.22. The highest BCUT2D eigenvalue weighted by Gasteiger charge is 2.32. The number of hydrogen-bond acceptors (Lipinski definition) is 3. The Morgan fingerprint density at radius 1 is 1.50 bits per heavy atom. The predicted molar refractivity (Wildman–Crippen MR) is 48.0 cm³/mol. The van der Waals surface area contributed by atoms with E-state index in [0.717, 1.165) is 0 Å². The van der Waals surface area contributed by atoms with Crippen LogP contribution in [0.25, 0.3) is 0 Å². The predicted octanol–water partition coefficient (Wildman–Crippen LogP) is 1.57. The van der Waals surface area contributed by atoms with Crippen LogP contribution >= 0.6 is 0 Å². The van der Waals surface area contributed by atoms with E-state index >= 15 is 0 Å². The van der Waals surface area contributed by atoms with Crippen LogP contribution in [0.3, 0.4) is 0 Å². The van der Waals surface area contributed by atoms with Crippen LogP contribution in [0.4, 0.5) is 13.2 Å². The van der Waals surface area contributed by atoms with Crippen molar-refractivity contribution in [1.29, 1.82) is 0 Å². The van der Waals surface area contributed by atoms with Crippen molar-refractivity contribution in [2.45, 2.75) is 13.1 Å². The second kappa shape index (κ2) is 4.38. The number of carbonyl (C=O) groups excluding carboxylic acids is 1. The number of alkyl halides is 3. The van der Waals surface area contributed by atoms with Gasteiger partial charge in [-0.05, 0) is 6.92 Å². The molecule has 0 fully saturated rings. The summed E-state index contributed by atoms with van der Waals surface area (Å²) in [5, 5.41) is 0. The number of ether oxygens (including phenoxy) is 1. The SMILES string of the molecule is CCOC(=O)c1c[nH]c(C(F)(F)F)cc1=O. The molecule has 1 aromatic rings. The molecular formula is C9H8F3NO3. The molecule has 0 amide bonds. The van der Waals surface area contributed by atoms with Crippen molar-refractivity contribution in [2.24, 2.45) is 0 Å². The van der Waals surface area contributed by atoms with Gasteiger partial charge in [-0.15, -0.1) is 0 Å². The van der Waals surface area contributed by atoms with E-state index in [-0.39, 0.29) is 6.61 Å². The van der Waals surface area contributed by atoms with E-state index in [1.54, 1.807) is 0 Å². The number of aromatic amines is 1. The summed E-state index contributed by atoms with van der Waals surface area (Å²) in [5.74, 6) is -0.947. The molecule has 0 aliphatic rings. The minimum absolute atomic E-state index is 0.0410. The number of aromatic nitrogens is 1. The lowest BCUT2D eigenvalue weighted by molar-refractivity contribution is -0.141. The Labute approximate surface area is 88.0 Å². The van der Waals surface area contributed by atoms with Gasteiger partial charge in [-0.1, -0.05) is 0 Å². The van der Waals surface area contributed by atoms with Gasteiger partial charge in [-0.25, -0.2) is 4.79 Å². The maximum Gasteiger partial charge on any atom is 0.431 e.